The van der Waals surface area contributed by atoms with Crippen LogP contribution in [0, 0.1) is 5.92 Å². The summed E-state index contributed by atoms with van der Waals surface area (Å²) in [6.45, 7) is 6.57. The molecule has 1 aromatic heterocycles. The predicted octanol–water partition coefficient (Wildman–Crippen LogP) is 3.36. The summed E-state index contributed by atoms with van der Waals surface area (Å²) in [7, 11) is 1.60. The van der Waals surface area contributed by atoms with Gasteiger partial charge in [-0.2, -0.15) is 0 Å². The van der Waals surface area contributed by atoms with Crippen LogP contribution in [0.1, 0.15) is 32.3 Å². The van der Waals surface area contributed by atoms with E-state index in [1.54, 1.807) is 11.7 Å². The van der Waals surface area contributed by atoms with Crippen LogP contribution in [-0.2, 0) is 17.9 Å². The fraction of sp³-hybridized carbons (Fsp3) is 0.423. The SMILES string of the molecule is CCOc1cc(CNC(=O)[C@@H]2CCCN(c3nc4ccccc4n(CC)c3=O)C2)ccc1OC. The number of ether oxygens (including phenoxy) is 2. The van der Waals surface area contributed by atoms with E-state index in [0.29, 0.717) is 50.1 Å². The van der Waals surface area contributed by atoms with Crippen molar-refractivity contribution in [1.82, 2.24) is 14.9 Å². The second-order valence-corrected chi connectivity index (χ2v) is 8.39. The third-order valence-electron chi connectivity index (χ3n) is 6.24. The van der Waals surface area contributed by atoms with E-state index in [-0.39, 0.29) is 17.4 Å². The number of fused-ring (bicyclic) bond motifs is 1. The maximum atomic E-state index is 13.2. The van der Waals surface area contributed by atoms with Gasteiger partial charge in [0, 0.05) is 26.2 Å². The maximum absolute atomic E-state index is 13.2. The number of aryl methyl sites for hydroxylation is 1. The van der Waals surface area contributed by atoms with Crippen LogP contribution in [-0.4, -0.2) is 42.3 Å². The van der Waals surface area contributed by atoms with E-state index in [9.17, 15) is 9.59 Å². The number of piperidine rings is 1. The van der Waals surface area contributed by atoms with Crippen molar-refractivity contribution in [2.45, 2.75) is 39.8 Å². The number of carbonyl (C=O) groups is 1. The van der Waals surface area contributed by atoms with Gasteiger partial charge in [-0.05, 0) is 56.5 Å². The van der Waals surface area contributed by atoms with Crippen molar-refractivity contribution < 1.29 is 14.3 Å². The van der Waals surface area contributed by atoms with Gasteiger partial charge in [0.05, 0.1) is 30.7 Å². The molecule has 3 aromatic rings. The number of benzene rings is 2. The van der Waals surface area contributed by atoms with Gasteiger partial charge in [-0.1, -0.05) is 18.2 Å². The van der Waals surface area contributed by atoms with Gasteiger partial charge in [-0.3, -0.25) is 9.59 Å². The van der Waals surface area contributed by atoms with Crippen LogP contribution in [0.4, 0.5) is 5.82 Å². The number of carbonyl (C=O) groups excluding carboxylic acids is 1. The van der Waals surface area contributed by atoms with Crippen molar-refractivity contribution in [3.8, 4) is 11.5 Å². The van der Waals surface area contributed by atoms with Crippen molar-refractivity contribution in [2.75, 3.05) is 31.7 Å². The molecule has 1 aliphatic heterocycles. The first-order valence-electron chi connectivity index (χ1n) is 11.9. The van der Waals surface area contributed by atoms with Gasteiger partial charge >= 0.3 is 0 Å². The van der Waals surface area contributed by atoms with Crippen LogP contribution in [0.5, 0.6) is 11.5 Å². The lowest BCUT2D eigenvalue weighted by atomic mass is 9.97. The Morgan fingerprint density at radius 3 is 2.76 bits per heavy atom. The highest BCUT2D eigenvalue weighted by molar-refractivity contribution is 5.80. The molecule has 0 spiro atoms. The fourth-order valence-corrected chi connectivity index (χ4v) is 4.52. The molecule has 8 nitrogen and oxygen atoms in total. The topological polar surface area (TPSA) is 85.7 Å². The Morgan fingerprint density at radius 1 is 1.18 bits per heavy atom. The molecule has 0 radical (unpaired) electrons. The lowest BCUT2D eigenvalue weighted by Crippen LogP contribution is -2.45. The summed E-state index contributed by atoms with van der Waals surface area (Å²) in [6, 6.07) is 13.3. The quantitative estimate of drug-likeness (QED) is 0.550. The molecule has 8 heteroatoms. The minimum absolute atomic E-state index is 0.0184. The van der Waals surface area contributed by atoms with E-state index in [2.05, 4.69) is 10.3 Å². The fourth-order valence-electron chi connectivity index (χ4n) is 4.52. The monoisotopic (exact) mass is 464 g/mol. The predicted molar refractivity (Wildman–Crippen MR) is 133 cm³/mol. The Balaban J connectivity index is 1.47. The molecule has 0 bridgehead atoms. The van der Waals surface area contributed by atoms with Crippen LogP contribution < -0.4 is 25.2 Å². The second-order valence-electron chi connectivity index (χ2n) is 8.39. The van der Waals surface area contributed by atoms with Gasteiger partial charge in [0.1, 0.15) is 0 Å². The molecule has 34 heavy (non-hydrogen) atoms. The molecular formula is C26H32N4O4. The van der Waals surface area contributed by atoms with E-state index in [1.165, 1.54) is 0 Å². The first-order chi connectivity index (χ1) is 16.5. The standard InChI is InChI=1S/C26H32N4O4/c1-4-30-21-11-7-6-10-20(21)28-24(26(30)32)29-14-8-9-19(17-29)25(31)27-16-18-12-13-22(33-3)23(15-18)34-5-2/h6-7,10-13,15,19H,4-5,8-9,14,16-17H2,1-3H3,(H,27,31)/t19-/m1/s1. The highest BCUT2D eigenvalue weighted by atomic mass is 16.5. The summed E-state index contributed by atoms with van der Waals surface area (Å²) in [5.41, 5.74) is 2.45. The van der Waals surface area contributed by atoms with Crippen LogP contribution >= 0.6 is 0 Å². The largest absolute Gasteiger partial charge is 0.493 e. The molecule has 1 fully saturated rings. The smallest absolute Gasteiger partial charge is 0.293 e. The summed E-state index contributed by atoms with van der Waals surface area (Å²) in [5, 5.41) is 3.05. The molecule has 1 saturated heterocycles. The van der Waals surface area contributed by atoms with E-state index < -0.39 is 0 Å². The Hall–Kier alpha value is -3.55. The number of hydrogen-bond acceptors (Lipinski definition) is 6. The number of anilines is 1. The van der Waals surface area contributed by atoms with E-state index in [4.69, 9.17) is 9.47 Å². The summed E-state index contributed by atoms with van der Waals surface area (Å²) < 4.78 is 12.7. The van der Waals surface area contributed by atoms with Gasteiger partial charge in [-0.25, -0.2) is 4.98 Å². The minimum Gasteiger partial charge on any atom is -0.493 e. The first kappa shape index (κ1) is 23.6. The van der Waals surface area contributed by atoms with E-state index in [1.807, 2.05) is 61.2 Å². The Bertz CT molecular complexity index is 1220. The van der Waals surface area contributed by atoms with Crippen LogP contribution in [0.15, 0.2) is 47.3 Å². The third kappa shape index (κ3) is 4.85. The summed E-state index contributed by atoms with van der Waals surface area (Å²) in [6.07, 6.45) is 1.61. The Kier molecular flexibility index (Phi) is 7.35. The molecule has 1 aliphatic rings. The van der Waals surface area contributed by atoms with Crippen molar-refractivity contribution >= 4 is 22.8 Å². The van der Waals surface area contributed by atoms with Gasteiger partial charge in [0.25, 0.3) is 5.56 Å². The average Bonchev–Trinajstić information content (AvgIpc) is 2.87. The normalized spacial score (nSPS) is 15.9. The lowest BCUT2D eigenvalue weighted by Gasteiger charge is -2.32. The summed E-state index contributed by atoms with van der Waals surface area (Å²) in [5.74, 6) is 1.53. The van der Waals surface area contributed by atoms with Gasteiger partial charge in [-0.15, -0.1) is 0 Å². The lowest BCUT2D eigenvalue weighted by molar-refractivity contribution is -0.125. The van der Waals surface area contributed by atoms with Gasteiger partial charge in [0.2, 0.25) is 5.91 Å². The number of nitrogens with one attached hydrogen (secondary N) is 1. The van der Waals surface area contributed by atoms with E-state index in [0.717, 1.165) is 29.4 Å². The second kappa shape index (κ2) is 10.6. The van der Waals surface area contributed by atoms with Gasteiger partial charge < -0.3 is 24.3 Å². The molecule has 0 unspecified atom stereocenters. The molecule has 2 heterocycles. The number of rotatable bonds is 8. The van der Waals surface area contributed by atoms with Crippen molar-refractivity contribution in [3.63, 3.8) is 0 Å². The number of nitrogens with zero attached hydrogens (tertiary/aromatic N) is 3. The molecular weight excluding hydrogens is 432 g/mol. The molecule has 1 atom stereocenters. The number of methoxy groups -OCH3 is 1. The number of para-hydroxylation sites is 2. The molecule has 2 aromatic carbocycles. The molecule has 180 valence electrons. The van der Waals surface area contributed by atoms with Crippen molar-refractivity contribution in [1.29, 1.82) is 0 Å². The van der Waals surface area contributed by atoms with Crippen LogP contribution in [0.25, 0.3) is 11.0 Å². The van der Waals surface area contributed by atoms with Crippen molar-refractivity contribution in [2.24, 2.45) is 5.92 Å². The summed E-state index contributed by atoms with van der Waals surface area (Å²) >= 11 is 0. The number of hydrogen-bond donors (Lipinski definition) is 1. The molecule has 0 aliphatic carbocycles. The minimum atomic E-state index is -0.207. The average molecular weight is 465 g/mol. The van der Waals surface area contributed by atoms with Crippen LogP contribution in [0.3, 0.4) is 0 Å². The molecule has 4 rings (SSSR count). The maximum Gasteiger partial charge on any atom is 0.293 e. The molecule has 0 saturated carbocycles. The highest BCUT2D eigenvalue weighted by Crippen LogP contribution is 2.28. The molecule has 1 N–H and O–H groups in total. The highest BCUT2D eigenvalue weighted by Gasteiger charge is 2.28. The summed E-state index contributed by atoms with van der Waals surface area (Å²) in [4.78, 5) is 32.8. The zero-order chi connectivity index (χ0) is 24.1. The zero-order valence-electron chi connectivity index (χ0n) is 20.0. The number of amides is 1. The Labute approximate surface area is 199 Å². The molecule has 1 amide bonds. The zero-order valence-corrected chi connectivity index (χ0v) is 20.0. The first-order valence-corrected chi connectivity index (χ1v) is 11.9. The van der Waals surface area contributed by atoms with Gasteiger partial charge in [0.15, 0.2) is 17.3 Å². The third-order valence-corrected chi connectivity index (χ3v) is 6.24. The van der Waals surface area contributed by atoms with Crippen molar-refractivity contribution in [3.05, 3.63) is 58.4 Å². The Morgan fingerprint density at radius 2 is 2.00 bits per heavy atom. The van der Waals surface area contributed by atoms with Crippen LogP contribution in [0.2, 0.25) is 0 Å². The van der Waals surface area contributed by atoms with E-state index >= 15 is 0 Å². The number of aromatic nitrogens is 2.